The molecular formula is C5H16LiNSi2. The molecule has 0 aliphatic rings. The fourth-order valence-electron chi connectivity index (χ4n) is 0.775. The molecule has 0 aliphatic carbocycles. The van der Waals surface area contributed by atoms with Gasteiger partial charge in [-0.25, -0.2) is 0 Å². The van der Waals surface area contributed by atoms with Crippen LogP contribution in [0.1, 0.15) is 0 Å². The molecular weight excluding hydrogens is 137 g/mol. The van der Waals surface area contributed by atoms with E-state index in [2.05, 4.69) is 37.4 Å². The third kappa shape index (κ3) is 12.2. The van der Waals surface area contributed by atoms with E-state index in [-0.39, 0.29) is 18.9 Å². The summed E-state index contributed by atoms with van der Waals surface area (Å²) in [4.78, 5) is 0. The SMILES string of the molecule is C[SiH](C)[N-][Si](C)(C)C.[Li+]. The normalized spacial score (nSPS) is 11.3. The van der Waals surface area contributed by atoms with Crippen LogP contribution in [0.15, 0.2) is 0 Å². The van der Waals surface area contributed by atoms with Crippen LogP contribution in [0.2, 0.25) is 32.7 Å². The minimum Gasteiger partial charge on any atom is -0.670 e. The maximum absolute atomic E-state index is 4.69. The Morgan fingerprint density at radius 2 is 1.44 bits per heavy atom. The van der Waals surface area contributed by atoms with E-state index in [1.165, 1.54) is 0 Å². The van der Waals surface area contributed by atoms with Gasteiger partial charge in [0.15, 0.2) is 0 Å². The van der Waals surface area contributed by atoms with Crippen molar-refractivity contribution < 1.29 is 18.9 Å². The third-order valence-corrected chi connectivity index (χ3v) is 5.81. The number of hydrogen-bond donors (Lipinski definition) is 0. The Morgan fingerprint density at radius 3 is 1.44 bits per heavy atom. The molecule has 0 amide bonds. The van der Waals surface area contributed by atoms with Gasteiger partial charge in [-0.1, -0.05) is 49.9 Å². The summed E-state index contributed by atoms with van der Waals surface area (Å²) in [6.07, 6.45) is 0. The zero-order valence-corrected chi connectivity index (χ0v) is 9.68. The molecule has 0 N–H and O–H groups in total. The fourth-order valence-corrected chi connectivity index (χ4v) is 6.97. The summed E-state index contributed by atoms with van der Waals surface area (Å²) in [7, 11) is -1.64. The van der Waals surface area contributed by atoms with Gasteiger partial charge in [-0.15, -0.1) is 0 Å². The van der Waals surface area contributed by atoms with E-state index < -0.39 is 17.2 Å². The van der Waals surface area contributed by atoms with E-state index in [1.54, 1.807) is 0 Å². The molecule has 0 heterocycles. The van der Waals surface area contributed by atoms with Gasteiger partial charge >= 0.3 is 18.9 Å². The van der Waals surface area contributed by atoms with E-state index in [1.807, 2.05) is 0 Å². The molecule has 0 rings (SSSR count). The summed E-state index contributed by atoms with van der Waals surface area (Å²) in [5, 5.41) is 0. The Kier molecular flexibility index (Phi) is 6.68. The van der Waals surface area contributed by atoms with E-state index >= 15 is 0 Å². The second-order valence-electron chi connectivity index (χ2n) is 3.39. The first kappa shape index (κ1) is 12.6. The summed E-state index contributed by atoms with van der Waals surface area (Å²) in [6, 6.07) is 0. The van der Waals surface area contributed by atoms with Crippen LogP contribution in [0.3, 0.4) is 0 Å². The van der Waals surface area contributed by atoms with Gasteiger partial charge in [0, 0.05) is 0 Å². The molecule has 0 aromatic carbocycles. The number of nitrogens with zero attached hydrogens (tertiary/aromatic N) is 1. The Bertz CT molecular complexity index is 69.8. The summed E-state index contributed by atoms with van der Waals surface area (Å²) in [6.45, 7) is 11.4. The van der Waals surface area contributed by atoms with Gasteiger partial charge < -0.3 is 4.65 Å². The Labute approximate surface area is 73.6 Å². The monoisotopic (exact) mass is 153 g/mol. The molecule has 0 fully saturated rings. The van der Waals surface area contributed by atoms with Crippen LogP contribution < -0.4 is 18.9 Å². The van der Waals surface area contributed by atoms with Crippen LogP contribution in [0.5, 0.6) is 0 Å². The molecule has 4 heteroatoms. The van der Waals surface area contributed by atoms with E-state index in [0.29, 0.717) is 0 Å². The summed E-state index contributed by atoms with van der Waals surface area (Å²) < 4.78 is 4.69. The second-order valence-corrected chi connectivity index (χ2v) is 11.0. The molecule has 0 aromatic heterocycles. The van der Waals surface area contributed by atoms with Crippen LogP contribution in [0, 0.1) is 0 Å². The molecule has 0 unspecified atom stereocenters. The van der Waals surface area contributed by atoms with Gasteiger partial charge in [-0.2, -0.15) is 0 Å². The Balaban J connectivity index is 0. The minimum atomic E-state index is -1.03. The van der Waals surface area contributed by atoms with Crippen LogP contribution >= 0.6 is 0 Å². The van der Waals surface area contributed by atoms with Crippen molar-refractivity contribution in [2.75, 3.05) is 0 Å². The predicted molar refractivity (Wildman–Crippen MR) is 45.6 cm³/mol. The molecule has 1 nitrogen and oxygen atoms in total. The first-order chi connectivity index (χ1) is 3.42. The van der Waals surface area contributed by atoms with Crippen molar-refractivity contribution in [1.29, 1.82) is 0 Å². The van der Waals surface area contributed by atoms with Crippen LogP contribution in [0.4, 0.5) is 0 Å². The zero-order chi connectivity index (χ0) is 6.78. The quantitative estimate of drug-likeness (QED) is 0.460. The van der Waals surface area contributed by atoms with Crippen molar-refractivity contribution in [3.8, 4) is 0 Å². The Morgan fingerprint density at radius 1 is 1.11 bits per heavy atom. The van der Waals surface area contributed by atoms with Crippen molar-refractivity contribution in [1.82, 2.24) is 0 Å². The topological polar surface area (TPSA) is 14.1 Å². The summed E-state index contributed by atoms with van der Waals surface area (Å²) in [5.74, 6) is 0. The summed E-state index contributed by atoms with van der Waals surface area (Å²) >= 11 is 0. The van der Waals surface area contributed by atoms with E-state index in [0.717, 1.165) is 0 Å². The predicted octanol–water partition coefficient (Wildman–Crippen LogP) is -0.818. The average Bonchev–Trinajstić information content (AvgIpc) is 1.21. The fraction of sp³-hybridized carbons (Fsp3) is 1.00. The van der Waals surface area contributed by atoms with Crippen molar-refractivity contribution in [2.45, 2.75) is 32.7 Å². The van der Waals surface area contributed by atoms with Crippen LogP contribution in [0.25, 0.3) is 4.65 Å². The smallest absolute Gasteiger partial charge is 0.670 e. The first-order valence-electron chi connectivity index (χ1n) is 3.14. The maximum Gasteiger partial charge on any atom is 1.00 e. The van der Waals surface area contributed by atoms with Crippen LogP contribution in [-0.2, 0) is 0 Å². The van der Waals surface area contributed by atoms with E-state index in [4.69, 9.17) is 0 Å². The molecule has 50 valence electrons. The van der Waals surface area contributed by atoms with Gasteiger partial charge in [0.2, 0.25) is 0 Å². The van der Waals surface area contributed by atoms with Gasteiger partial charge in [0.25, 0.3) is 0 Å². The molecule has 0 aromatic rings. The molecule has 0 saturated heterocycles. The van der Waals surface area contributed by atoms with Crippen molar-refractivity contribution in [3.63, 3.8) is 0 Å². The molecule has 0 saturated carbocycles. The van der Waals surface area contributed by atoms with Gasteiger partial charge in [0.05, 0.1) is 0 Å². The van der Waals surface area contributed by atoms with Gasteiger partial charge in [-0.05, 0) is 0 Å². The molecule has 9 heavy (non-hydrogen) atoms. The molecule has 0 radical (unpaired) electrons. The zero-order valence-electron chi connectivity index (χ0n) is 7.52. The van der Waals surface area contributed by atoms with Crippen molar-refractivity contribution in [3.05, 3.63) is 4.65 Å². The maximum atomic E-state index is 4.69. The Hall–Kier alpha value is 0.991. The van der Waals surface area contributed by atoms with Crippen molar-refractivity contribution in [2.24, 2.45) is 0 Å². The minimum absolute atomic E-state index is 0. The summed E-state index contributed by atoms with van der Waals surface area (Å²) in [5.41, 5.74) is 0. The van der Waals surface area contributed by atoms with Gasteiger partial charge in [-0.3, -0.25) is 0 Å². The largest absolute Gasteiger partial charge is 1.00 e. The number of hydrogen-bond acceptors (Lipinski definition) is 0. The van der Waals surface area contributed by atoms with E-state index in [9.17, 15) is 0 Å². The molecule has 0 bridgehead atoms. The van der Waals surface area contributed by atoms with Gasteiger partial charge in [0.1, 0.15) is 0 Å². The molecule has 0 atom stereocenters. The van der Waals surface area contributed by atoms with Crippen molar-refractivity contribution >= 4 is 17.2 Å². The molecule has 0 spiro atoms. The number of rotatable bonds is 2. The second kappa shape index (κ2) is 4.75. The third-order valence-electron chi connectivity index (χ3n) is 0.645. The average molecular weight is 153 g/mol. The molecule has 0 aliphatic heterocycles. The van der Waals surface area contributed by atoms with Crippen LogP contribution in [-0.4, -0.2) is 17.2 Å². The first-order valence-corrected chi connectivity index (χ1v) is 9.41. The standard InChI is InChI=1S/C5H16NSi2.Li/c1-7(2)6-8(3,4)5;/h7H,1-5H3;/q-1;+1.